The van der Waals surface area contributed by atoms with Crippen LogP contribution in [0.15, 0.2) is 33.3 Å². The van der Waals surface area contributed by atoms with Gasteiger partial charge in [-0.1, -0.05) is 13.3 Å². The van der Waals surface area contributed by atoms with Gasteiger partial charge < -0.3 is 4.98 Å². The van der Waals surface area contributed by atoms with Crippen molar-refractivity contribution in [2.24, 2.45) is 0 Å². The van der Waals surface area contributed by atoms with Gasteiger partial charge in [-0.2, -0.15) is 5.26 Å². The third-order valence-electron chi connectivity index (χ3n) is 2.71. The van der Waals surface area contributed by atoms with E-state index in [1.807, 2.05) is 13.8 Å². The van der Waals surface area contributed by atoms with Gasteiger partial charge >= 0.3 is 0 Å². The van der Waals surface area contributed by atoms with E-state index in [2.05, 4.69) is 21.0 Å². The minimum atomic E-state index is -0.183. The Morgan fingerprint density at radius 3 is 3.00 bits per heavy atom. The van der Waals surface area contributed by atoms with E-state index in [4.69, 9.17) is 0 Å². The van der Waals surface area contributed by atoms with Gasteiger partial charge in [-0.05, 0) is 36.7 Å². The summed E-state index contributed by atoms with van der Waals surface area (Å²) < 4.78 is 0. The van der Waals surface area contributed by atoms with Crippen LogP contribution in [0, 0.1) is 18.3 Å². The first-order chi connectivity index (χ1) is 9.63. The molecule has 0 aliphatic heterocycles. The van der Waals surface area contributed by atoms with E-state index in [-0.39, 0.29) is 5.56 Å². The maximum atomic E-state index is 11.6. The first kappa shape index (κ1) is 14.3. The lowest BCUT2D eigenvalue weighted by Crippen LogP contribution is -2.10. The molecule has 0 saturated heterocycles. The van der Waals surface area contributed by atoms with Crippen molar-refractivity contribution in [1.29, 1.82) is 5.26 Å². The molecule has 0 unspecified atom stereocenters. The Morgan fingerprint density at radius 2 is 2.30 bits per heavy atom. The standard InChI is InChI=1S/C14H14N4OS/c1-3-4-10-7-12(19)18-14(17-10)20-13-11(8-15)9(2)5-6-16-13/h5-7H,3-4H2,1-2H3,(H,17,18,19). The van der Waals surface area contributed by atoms with Crippen LogP contribution in [0.25, 0.3) is 0 Å². The first-order valence-electron chi connectivity index (χ1n) is 6.28. The number of aromatic nitrogens is 3. The summed E-state index contributed by atoms with van der Waals surface area (Å²) in [7, 11) is 0. The highest BCUT2D eigenvalue weighted by Gasteiger charge is 2.10. The summed E-state index contributed by atoms with van der Waals surface area (Å²) in [6, 6.07) is 5.42. The minimum absolute atomic E-state index is 0.183. The molecule has 0 radical (unpaired) electrons. The van der Waals surface area contributed by atoms with Crippen molar-refractivity contribution in [3.05, 3.63) is 45.5 Å². The zero-order valence-electron chi connectivity index (χ0n) is 11.3. The molecule has 6 heteroatoms. The lowest BCUT2D eigenvalue weighted by molar-refractivity contribution is 0.815. The number of nitrogens with one attached hydrogen (secondary N) is 1. The van der Waals surface area contributed by atoms with Crippen LogP contribution in [-0.2, 0) is 6.42 Å². The van der Waals surface area contributed by atoms with E-state index >= 15 is 0 Å². The van der Waals surface area contributed by atoms with Crippen molar-refractivity contribution in [3.63, 3.8) is 0 Å². The number of nitrogens with zero attached hydrogens (tertiary/aromatic N) is 3. The predicted molar refractivity (Wildman–Crippen MR) is 76.7 cm³/mol. The van der Waals surface area contributed by atoms with E-state index in [1.54, 1.807) is 12.3 Å². The molecular weight excluding hydrogens is 272 g/mol. The molecule has 1 N–H and O–H groups in total. The van der Waals surface area contributed by atoms with Gasteiger partial charge in [0.15, 0.2) is 5.16 Å². The van der Waals surface area contributed by atoms with Crippen LogP contribution >= 0.6 is 11.8 Å². The quantitative estimate of drug-likeness (QED) is 0.873. The maximum Gasteiger partial charge on any atom is 0.251 e. The van der Waals surface area contributed by atoms with Crippen molar-refractivity contribution >= 4 is 11.8 Å². The van der Waals surface area contributed by atoms with E-state index in [0.29, 0.717) is 15.7 Å². The van der Waals surface area contributed by atoms with E-state index in [0.717, 1.165) is 24.1 Å². The highest BCUT2D eigenvalue weighted by molar-refractivity contribution is 7.99. The Hall–Kier alpha value is -2.13. The molecule has 0 aliphatic rings. The fourth-order valence-electron chi connectivity index (χ4n) is 1.75. The molecule has 0 aromatic carbocycles. The molecule has 102 valence electrons. The second kappa shape index (κ2) is 6.35. The molecule has 0 bridgehead atoms. The van der Waals surface area contributed by atoms with Crippen LogP contribution < -0.4 is 5.56 Å². The summed E-state index contributed by atoms with van der Waals surface area (Å²) in [4.78, 5) is 22.8. The largest absolute Gasteiger partial charge is 0.301 e. The number of H-pyrrole nitrogens is 1. The van der Waals surface area contributed by atoms with Gasteiger partial charge in [0.05, 0.1) is 5.56 Å². The minimum Gasteiger partial charge on any atom is -0.301 e. The number of nitriles is 1. The second-order valence-corrected chi connectivity index (χ2v) is 5.29. The highest BCUT2D eigenvalue weighted by atomic mass is 32.2. The summed E-state index contributed by atoms with van der Waals surface area (Å²) in [5, 5.41) is 10.2. The number of pyridine rings is 1. The third kappa shape index (κ3) is 3.25. The van der Waals surface area contributed by atoms with Crippen LogP contribution in [0.4, 0.5) is 0 Å². The zero-order valence-corrected chi connectivity index (χ0v) is 12.1. The number of aryl methyl sites for hydroxylation is 2. The van der Waals surface area contributed by atoms with Gasteiger partial charge in [-0.25, -0.2) is 9.97 Å². The third-order valence-corrected chi connectivity index (χ3v) is 3.60. The molecule has 0 fully saturated rings. The van der Waals surface area contributed by atoms with Crippen molar-refractivity contribution in [3.8, 4) is 6.07 Å². The number of rotatable bonds is 4. The van der Waals surface area contributed by atoms with Crippen LogP contribution in [-0.4, -0.2) is 15.0 Å². The normalized spacial score (nSPS) is 10.2. The molecule has 2 rings (SSSR count). The van der Waals surface area contributed by atoms with Gasteiger partial charge in [-0.3, -0.25) is 4.79 Å². The Morgan fingerprint density at radius 1 is 1.50 bits per heavy atom. The molecule has 2 heterocycles. The Labute approximate surface area is 121 Å². The Kier molecular flexibility index (Phi) is 4.53. The monoisotopic (exact) mass is 286 g/mol. The molecule has 0 spiro atoms. The second-order valence-electron chi connectivity index (χ2n) is 4.31. The SMILES string of the molecule is CCCc1cc(=O)[nH]c(Sc2nccc(C)c2C#N)n1. The smallest absolute Gasteiger partial charge is 0.251 e. The fraction of sp³-hybridized carbons (Fsp3) is 0.286. The molecule has 0 atom stereocenters. The van der Waals surface area contributed by atoms with Gasteiger partial charge in [0.1, 0.15) is 11.1 Å². The fourth-order valence-corrected chi connectivity index (χ4v) is 2.67. The van der Waals surface area contributed by atoms with E-state index in [1.165, 1.54) is 17.8 Å². The molecule has 0 amide bonds. The molecular formula is C14H14N4OS. The van der Waals surface area contributed by atoms with Crippen molar-refractivity contribution in [2.75, 3.05) is 0 Å². The highest BCUT2D eigenvalue weighted by Crippen LogP contribution is 2.26. The Balaban J connectivity index is 2.38. The average Bonchev–Trinajstić information content (AvgIpc) is 2.38. The number of hydrogen-bond acceptors (Lipinski definition) is 5. The predicted octanol–water partition coefficient (Wildman–Crippen LogP) is 2.45. The van der Waals surface area contributed by atoms with Crippen LogP contribution in [0.3, 0.4) is 0 Å². The molecule has 0 saturated carbocycles. The topological polar surface area (TPSA) is 82.4 Å². The van der Waals surface area contributed by atoms with Gasteiger partial charge in [0, 0.05) is 18.0 Å². The lowest BCUT2D eigenvalue weighted by atomic mass is 10.2. The first-order valence-corrected chi connectivity index (χ1v) is 7.09. The summed E-state index contributed by atoms with van der Waals surface area (Å²) in [5.41, 5.74) is 1.94. The molecule has 2 aromatic rings. The summed E-state index contributed by atoms with van der Waals surface area (Å²) in [5.74, 6) is 0. The van der Waals surface area contributed by atoms with Crippen LogP contribution in [0.1, 0.15) is 30.2 Å². The Bertz CT molecular complexity index is 718. The lowest BCUT2D eigenvalue weighted by Gasteiger charge is -2.05. The summed E-state index contributed by atoms with van der Waals surface area (Å²) >= 11 is 1.21. The van der Waals surface area contributed by atoms with Gasteiger partial charge in [0.25, 0.3) is 5.56 Å². The number of hydrogen-bond donors (Lipinski definition) is 1. The molecule has 2 aromatic heterocycles. The number of aromatic amines is 1. The molecule has 20 heavy (non-hydrogen) atoms. The maximum absolute atomic E-state index is 11.6. The van der Waals surface area contributed by atoms with E-state index < -0.39 is 0 Å². The average molecular weight is 286 g/mol. The summed E-state index contributed by atoms with van der Waals surface area (Å²) in [6.45, 7) is 3.89. The zero-order chi connectivity index (χ0) is 14.5. The van der Waals surface area contributed by atoms with Crippen molar-refractivity contribution in [2.45, 2.75) is 36.9 Å². The molecule has 5 nitrogen and oxygen atoms in total. The van der Waals surface area contributed by atoms with Crippen LogP contribution in [0.5, 0.6) is 0 Å². The van der Waals surface area contributed by atoms with Crippen LogP contribution in [0.2, 0.25) is 0 Å². The van der Waals surface area contributed by atoms with Gasteiger partial charge in [0.2, 0.25) is 0 Å². The van der Waals surface area contributed by atoms with Gasteiger partial charge in [-0.15, -0.1) is 0 Å². The van der Waals surface area contributed by atoms with Crippen molar-refractivity contribution < 1.29 is 0 Å². The molecule has 0 aliphatic carbocycles. The van der Waals surface area contributed by atoms with Crippen molar-refractivity contribution in [1.82, 2.24) is 15.0 Å². The summed E-state index contributed by atoms with van der Waals surface area (Å²) in [6.07, 6.45) is 3.32. The van der Waals surface area contributed by atoms with E-state index in [9.17, 15) is 10.1 Å².